The fourth-order valence-corrected chi connectivity index (χ4v) is 12.5. The van der Waals surface area contributed by atoms with Crippen LogP contribution in [0.25, 0.3) is 10.2 Å². The molecule has 3 saturated carbocycles. The second-order valence-corrected chi connectivity index (χ2v) is 21.4. The molecule has 10 heteroatoms. The zero-order valence-electron chi connectivity index (χ0n) is 26.9. The van der Waals surface area contributed by atoms with Gasteiger partial charge in [-0.15, -0.1) is 11.3 Å². The van der Waals surface area contributed by atoms with Gasteiger partial charge < -0.3 is 14.5 Å². The molecule has 1 heterocycles. The van der Waals surface area contributed by atoms with E-state index in [9.17, 15) is 14.4 Å². The first-order valence-corrected chi connectivity index (χ1v) is 21.4. The Morgan fingerprint density at radius 2 is 1.91 bits per heavy atom. The predicted molar refractivity (Wildman–Crippen MR) is 179 cm³/mol. The summed E-state index contributed by atoms with van der Waals surface area (Å²) in [6.45, 7) is 13.6. The maximum absolute atomic E-state index is 14.6. The van der Waals surface area contributed by atoms with Crippen molar-refractivity contribution in [3.05, 3.63) is 35.9 Å². The fraction of sp³-hybridized carbons (Fsp3) is 0.647. The molecule has 4 aliphatic rings. The zero-order chi connectivity index (χ0) is 31.5. The van der Waals surface area contributed by atoms with Crippen LogP contribution in [0.1, 0.15) is 65.7 Å². The van der Waals surface area contributed by atoms with Crippen molar-refractivity contribution in [2.45, 2.75) is 101 Å². The number of hydrogen-bond donors (Lipinski definition) is 1. The monoisotopic (exact) mass is 654 g/mol. The number of nitrogens with one attached hydrogen (secondary N) is 1. The van der Waals surface area contributed by atoms with E-state index in [0.29, 0.717) is 31.7 Å². The normalized spacial score (nSPS) is 35.0. The van der Waals surface area contributed by atoms with E-state index in [2.05, 4.69) is 38.8 Å². The number of aromatic nitrogens is 1. The highest BCUT2D eigenvalue weighted by Crippen LogP contribution is 2.69. The summed E-state index contributed by atoms with van der Waals surface area (Å²) in [7, 11) is -2.00. The first-order valence-electron chi connectivity index (χ1n) is 16.2. The number of Topliss-reactive ketones (excluding diaryl/α,β-unsaturated/α-hetero) is 1. The Hall–Kier alpha value is -2.01. The Morgan fingerprint density at radius 1 is 1.14 bits per heavy atom. The lowest BCUT2D eigenvalue weighted by molar-refractivity contribution is -0.176. The number of benzene rings is 1. The van der Waals surface area contributed by atoms with Crippen LogP contribution in [0.15, 0.2) is 40.3 Å². The number of thiazole rings is 1. The molecule has 1 aromatic heterocycles. The molecule has 1 N–H and O–H groups in total. The molecule has 4 aliphatic carbocycles. The Bertz CT molecular complexity index is 1470. The van der Waals surface area contributed by atoms with Crippen LogP contribution in [0.3, 0.4) is 0 Å². The number of carbonyl (C=O) groups excluding carboxylic acids is 3. The minimum atomic E-state index is -2.00. The fourth-order valence-electron chi connectivity index (χ4n) is 9.38. The summed E-state index contributed by atoms with van der Waals surface area (Å²) in [6.07, 6.45) is 6.66. The molecule has 1 amide bonds. The standard InChI is InChI=1S/C34H46N2O5S2Si/c1-7-35-30(39)40-34(28(38)20-42-31-36-25-10-8-9-11-27(25)43-31)17-15-24-23-13-12-21-18-22(37)14-16-32(21,2)29(23)26(19-33(24,34)3)41-44(4,5)6/h8-11,18,23-24,26,29H,7,12-17,19-20H2,1-6H3,(H,35,39)/t23?,24?,26-,29?,32?,33?,34-/m0/s1. The van der Waals surface area contributed by atoms with Crippen LogP contribution in [0, 0.1) is 28.6 Å². The van der Waals surface area contributed by atoms with Crippen molar-refractivity contribution in [1.29, 1.82) is 0 Å². The van der Waals surface area contributed by atoms with Gasteiger partial charge in [-0.25, -0.2) is 9.78 Å². The molecule has 44 heavy (non-hydrogen) atoms. The summed E-state index contributed by atoms with van der Waals surface area (Å²) < 4.78 is 15.4. The summed E-state index contributed by atoms with van der Waals surface area (Å²) in [4.78, 5) is 45.1. The van der Waals surface area contributed by atoms with Gasteiger partial charge in [0.2, 0.25) is 0 Å². The summed E-state index contributed by atoms with van der Waals surface area (Å²) >= 11 is 3.04. The Balaban J connectivity index is 1.37. The number of alkyl carbamates (subject to hydrolysis) is 1. The average molecular weight is 655 g/mol. The van der Waals surface area contributed by atoms with Crippen molar-refractivity contribution in [2.24, 2.45) is 28.6 Å². The minimum Gasteiger partial charge on any atom is -0.434 e. The minimum absolute atomic E-state index is 0.0333. The first kappa shape index (κ1) is 31.9. The molecule has 0 spiro atoms. The molecule has 1 aromatic carbocycles. The predicted octanol–water partition coefficient (Wildman–Crippen LogP) is 7.80. The number of nitrogens with zero attached hydrogens (tertiary/aromatic N) is 1. The van der Waals surface area contributed by atoms with E-state index in [4.69, 9.17) is 14.1 Å². The number of amides is 1. The quantitative estimate of drug-likeness (QED) is 0.229. The third-order valence-corrected chi connectivity index (χ3v) is 14.3. The van der Waals surface area contributed by atoms with Gasteiger partial charge >= 0.3 is 6.09 Å². The van der Waals surface area contributed by atoms with Gasteiger partial charge in [0.1, 0.15) is 0 Å². The van der Waals surface area contributed by atoms with Crippen molar-refractivity contribution < 1.29 is 23.5 Å². The Labute approximate surface area is 270 Å². The van der Waals surface area contributed by atoms with E-state index in [1.807, 2.05) is 37.3 Å². The van der Waals surface area contributed by atoms with Gasteiger partial charge in [0.05, 0.1) is 16.0 Å². The lowest BCUT2D eigenvalue weighted by Crippen LogP contribution is -2.64. The van der Waals surface area contributed by atoms with Crippen LogP contribution < -0.4 is 5.32 Å². The first-order chi connectivity index (χ1) is 20.8. The Kier molecular flexibility index (Phi) is 8.46. The smallest absolute Gasteiger partial charge is 0.408 e. The summed E-state index contributed by atoms with van der Waals surface area (Å²) in [6, 6.07) is 8.01. The van der Waals surface area contributed by atoms with Crippen molar-refractivity contribution in [1.82, 2.24) is 10.3 Å². The summed E-state index contributed by atoms with van der Waals surface area (Å²) in [5.41, 5.74) is 0.306. The van der Waals surface area contributed by atoms with Crippen LogP contribution >= 0.6 is 23.1 Å². The number of ketones is 2. The van der Waals surface area contributed by atoms with Gasteiger partial charge in [-0.05, 0) is 106 Å². The molecule has 0 radical (unpaired) electrons. The number of carbonyl (C=O) groups is 3. The molecule has 0 aliphatic heterocycles. The maximum Gasteiger partial charge on any atom is 0.408 e. The van der Waals surface area contributed by atoms with Gasteiger partial charge in [-0.1, -0.05) is 43.3 Å². The highest BCUT2D eigenvalue weighted by atomic mass is 32.2. The van der Waals surface area contributed by atoms with Gasteiger partial charge in [0.15, 0.2) is 29.8 Å². The molecule has 0 bridgehead atoms. The Morgan fingerprint density at radius 3 is 2.64 bits per heavy atom. The molecule has 7 atom stereocenters. The summed E-state index contributed by atoms with van der Waals surface area (Å²) in [5, 5.41) is 2.82. The number of rotatable bonds is 8. The third kappa shape index (κ3) is 5.41. The summed E-state index contributed by atoms with van der Waals surface area (Å²) in [5.74, 6) is 1.22. The van der Waals surface area contributed by atoms with E-state index < -0.39 is 25.4 Å². The van der Waals surface area contributed by atoms with Gasteiger partial charge in [0.25, 0.3) is 0 Å². The SMILES string of the molecule is CCNC(=O)O[C@]1(C(=O)CSc2nc3ccccc3s2)CCC2C3CCC4=CC(=O)CCC4(C)C3[C@@H](O[Si](C)(C)C)CC21C. The van der Waals surface area contributed by atoms with E-state index in [1.54, 1.807) is 11.3 Å². The highest BCUT2D eigenvalue weighted by Gasteiger charge is 2.71. The molecular formula is C34H46N2O5S2Si. The number of para-hydroxylation sites is 1. The molecule has 7 nitrogen and oxygen atoms in total. The van der Waals surface area contributed by atoms with Crippen molar-refractivity contribution in [3.63, 3.8) is 0 Å². The van der Waals surface area contributed by atoms with Crippen molar-refractivity contribution >= 4 is 59.3 Å². The number of ether oxygens (including phenoxy) is 1. The molecule has 6 rings (SSSR count). The van der Waals surface area contributed by atoms with E-state index in [1.165, 1.54) is 17.3 Å². The second kappa shape index (κ2) is 11.7. The number of allylic oxidation sites excluding steroid dienone is 1. The molecule has 238 valence electrons. The van der Waals surface area contributed by atoms with Crippen molar-refractivity contribution in [2.75, 3.05) is 12.3 Å². The molecular weight excluding hydrogens is 609 g/mol. The van der Waals surface area contributed by atoms with Crippen LogP contribution in [-0.4, -0.2) is 55.0 Å². The van der Waals surface area contributed by atoms with Gasteiger partial charge in [-0.2, -0.15) is 0 Å². The third-order valence-electron chi connectivity index (χ3n) is 11.1. The zero-order valence-corrected chi connectivity index (χ0v) is 29.5. The average Bonchev–Trinajstić information content (AvgIpc) is 3.49. The van der Waals surface area contributed by atoms with E-state index in [-0.39, 0.29) is 40.7 Å². The molecule has 0 saturated heterocycles. The molecule has 2 aromatic rings. The number of hydrogen-bond acceptors (Lipinski definition) is 8. The molecule has 5 unspecified atom stereocenters. The van der Waals surface area contributed by atoms with E-state index in [0.717, 1.165) is 40.2 Å². The molecule has 3 fully saturated rings. The lowest BCUT2D eigenvalue weighted by Gasteiger charge is -2.62. The van der Waals surface area contributed by atoms with Crippen LogP contribution in [-0.2, 0) is 18.8 Å². The maximum atomic E-state index is 14.6. The van der Waals surface area contributed by atoms with Gasteiger partial charge in [0, 0.05) is 24.5 Å². The topological polar surface area (TPSA) is 94.6 Å². The van der Waals surface area contributed by atoms with Crippen LogP contribution in [0.2, 0.25) is 19.6 Å². The second-order valence-electron chi connectivity index (χ2n) is 14.7. The highest BCUT2D eigenvalue weighted by molar-refractivity contribution is 8.01. The van der Waals surface area contributed by atoms with Crippen LogP contribution in [0.4, 0.5) is 4.79 Å². The number of fused-ring (bicyclic) bond motifs is 6. The van der Waals surface area contributed by atoms with Crippen LogP contribution in [0.5, 0.6) is 0 Å². The lowest BCUT2D eigenvalue weighted by atomic mass is 9.45. The van der Waals surface area contributed by atoms with Gasteiger partial charge in [-0.3, -0.25) is 9.59 Å². The van der Waals surface area contributed by atoms with E-state index >= 15 is 0 Å². The number of thioether (sulfide) groups is 1. The van der Waals surface area contributed by atoms with Crippen molar-refractivity contribution in [3.8, 4) is 0 Å². The largest absolute Gasteiger partial charge is 0.434 e.